The van der Waals surface area contributed by atoms with Gasteiger partial charge in [0.1, 0.15) is 0 Å². The van der Waals surface area contributed by atoms with Crippen molar-refractivity contribution in [3.63, 3.8) is 0 Å². The predicted molar refractivity (Wildman–Crippen MR) is 75.6 cm³/mol. The number of carbonyl (C=O) groups is 2. The number of carboxylic acid groups (broad SMARTS) is 1. The molecule has 6 nitrogen and oxygen atoms in total. The van der Waals surface area contributed by atoms with E-state index in [9.17, 15) is 9.59 Å². The second-order valence-electron chi connectivity index (χ2n) is 6.38. The second kappa shape index (κ2) is 5.99. The maximum absolute atomic E-state index is 11.9. The molecule has 0 saturated heterocycles. The number of ether oxygens (including phenoxy) is 1. The molecule has 0 heterocycles. The molecule has 6 heteroatoms. The van der Waals surface area contributed by atoms with Gasteiger partial charge in [0.2, 0.25) is 0 Å². The molecule has 3 unspecified atom stereocenters. The summed E-state index contributed by atoms with van der Waals surface area (Å²) in [6.45, 7) is 7.63. The van der Waals surface area contributed by atoms with E-state index in [4.69, 9.17) is 9.84 Å². The van der Waals surface area contributed by atoms with E-state index < -0.39 is 11.4 Å². The minimum Gasteiger partial charge on any atom is -0.481 e. The van der Waals surface area contributed by atoms with E-state index in [1.807, 2.05) is 13.8 Å². The Morgan fingerprint density at radius 1 is 1.45 bits per heavy atom. The van der Waals surface area contributed by atoms with Crippen LogP contribution in [-0.2, 0) is 9.53 Å². The summed E-state index contributed by atoms with van der Waals surface area (Å²) in [7, 11) is 1.67. The number of methoxy groups -OCH3 is 1. The van der Waals surface area contributed by atoms with Crippen LogP contribution in [0.4, 0.5) is 4.79 Å². The van der Waals surface area contributed by atoms with Crippen LogP contribution in [0.3, 0.4) is 0 Å². The number of aliphatic carboxylic acids is 1. The monoisotopic (exact) mass is 286 g/mol. The second-order valence-corrected chi connectivity index (χ2v) is 6.38. The lowest BCUT2D eigenvalue weighted by Crippen LogP contribution is -2.63. The number of nitrogens with one attached hydrogen (secondary N) is 2. The van der Waals surface area contributed by atoms with Gasteiger partial charge >= 0.3 is 12.0 Å². The molecule has 1 fully saturated rings. The van der Waals surface area contributed by atoms with Crippen molar-refractivity contribution in [3.05, 3.63) is 0 Å². The minimum absolute atomic E-state index is 0.0464. The van der Waals surface area contributed by atoms with Gasteiger partial charge in [-0.05, 0) is 19.8 Å². The molecule has 0 aromatic carbocycles. The van der Waals surface area contributed by atoms with Crippen LogP contribution in [0.15, 0.2) is 0 Å². The van der Waals surface area contributed by atoms with Gasteiger partial charge in [0, 0.05) is 25.1 Å². The van der Waals surface area contributed by atoms with Crippen molar-refractivity contribution in [1.29, 1.82) is 0 Å². The third kappa shape index (κ3) is 3.23. The Labute approximate surface area is 120 Å². The molecule has 3 atom stereocenters. The summed E-state index contributed by atoms with van der Waals surface area (Å²) in [5, 5.41) is 14.7. The highest BCUT2D eigenvalue weighted by molar-refractivity contribution is 5.78. The zero-order valence-corrected chi connectivity index (χ0v) is 12.9. The first-order chi connectivity index (χ1) is 9.17. The van der Waals surface area contributed by atoms with E-state index >= 15 is 0 Å². The highest BCUT2D eigenvalue weighted by atomic mass is 16.5. The van der Waals surface area contributed by atoms with Crippen LogP contribution in [0.5, 0.6) is 0 Å². The molecule has 0 radical (unpaired) electrons. The fourth-order valence-corrected chi connectivity index (χ4v) is 2.37. The lowest BCUT2D eigenvalue weighted by atomic mass is 9.64. The maximum Gasteiger partial charge on any atom is 0.315 e. The highest BCUT2D eigenvalue weighted by Crippen LogP contribution is 2.42. The Morgan fingerprint density at radius 3 is 2.45 bits per heavy atom. The van der Waals surface area contributed by atoms with Gasteiger partial charge in [-0.15, -0.1) is 0 Å². The standard InChI is InChI=1S/C14H26N2O4/c1-6-14(4,11(17)18)8-15-12(19)16-9-7-10(20-5)13(9,2)3/h9-10H,6-8H2,1-5H3,(H,17,18)(H2,15,16,19). The van der Waals surface area contributed by atoms with Gasteiger partial charge in [-0.1, -0.05) is 20.8 Å². The minimum atomic E-state index is -0.929. The molecular weight excluding hydrogens is 260 g/mol. The Bertz CT molecular complexity index is 383. The summed E-state index contributed by atoms with van der Waals surface area (Å²) >= 11 is 0. The van der Waals surface area contributed by atoms with Crippen LogP contribution >= 0.6 is 0 Å². The molecular formula is C14H26N2O4. The lowest BCUT2D eigenvalue weighted by molar-refractivity contribution is -0.147. The van der Waals surface area contributed by atoms with Crippen molar-refractivity contribution in [2.24, 2.45) is 10.8 Å². The van der Waals surface area contributed by atoms with Crippen molar-refractivity contribution >= 4 is 12.0 Å². The smallest absolute Gasteiger partial charge is 0.315 e. The molecule has 1 rings (SSSR count). The quantitative estimate of drug-likeness (QED) is 0.692. The van der Waals surface area contributed by atoms with Crippen molar-refractivity contribution in [1.82, 2.24) is 10.6 Å². The number of carboxylic acids is 1. The molecule has 0 bridgehead atoms. The van der Waals surface area contributed by atoms with E-state index in [1.54, 1.807) is 21.0 Å². The third-order valence-electron chi connectivity index (χ3n) is 4.70. The van der Waals surface area contributed by atoms with Crippen LogP contribution in [-0.4, -0.2) is 42.9 Å². The molecule has 3 N–H and O–H groups in total. The molecule has 1 saturated carbocycles. The Hall–Kier alpha value is -1.30. The molecule has 2 amide bonds. The van der Waals surface area contributed by atoms with E-state index in [0.717, 1.165) is 6.42 Å². The Balaban J connectivity index is 2.44. The zero-order valence-electron chi connectivity index (χ0n) is 12.9. The molecule has 0 aromatic heterocycles. The first-order valence-corrected chi connectivity index (χ1v) is 6.98. The number of rotatable bonds is 6. The summed E-state index contributed by atoms with van der Waals surface area (Å²) < 4.78 is 5.33. The fraction of sp³-hybridized carbons (Fsp3) is 0.857. The predicted octanol–water partition coefficient (Wildman–Crippen LogP) is 1.60. The number of hydrogen-bond donors (Lipinski definition) is 3. The third-order valence-corrected chi connectivity index (χ3v) is 4.70. The molecule has 0 aromatic rings. The lowest BCUT2D eigenvalue weighted by Gasteiger charge is -2.51. The normalized spacial score (nSPS) is 27.1. The van der Waals surface area contributed by atoms with E-state index in [1.165, 1.54) is 0 Å². The number of urea groups is 1. The first-order valence-electron chi connectivity index (χ1n) is 6.98. The molecule has 1 aliphatic rings. The van der Waals surface area contributed by atoms with Crippen molar-refractivity contribution < 1.29 is 19.4 Å². The number of carbonyl (C=O) groups excluding carboxylic acids is 1. The molecule has 1 aliphatic carbocycles. The van der Waals surface area contributed by atoms with Crippen molar-refractivity contribution in [2.75, 3.05) is 13.7 Å². The summed E-state index contributed by atoms with van der Waals surface area (Å²) in [6.07, 6.45) is 1.39. The van der Waals surface area contributed by atoms with Gasteiger partial charge in [0.05, 0.1) is 11.5 Å². The van der Waals surface area contributed by atoms with Crippen LogP contribution in [0, 0.1) is 10.8 Å². The van der Waals surface area contributed by atoms with Gasteiger partial charge in [0.15, 0.2) is 0 Å². The van der Waals surface area contributed by atoms with Gasteiger partial charge < -0.3 is 20.5 Å². The zero-order chi connectivity index (χ0) is 15.6. The summed E-state index contributed by atoms with van der Waals surface area (Å²) in [5.41, 5.74) is -1.03. The Kier molecular flexibility index (Phi) is 5.02. The van der Waals surface area contributed by atoms with Gasteiger partial charge in [-0.25, -0.2) is 4.79 Å². The molecule has 0 aliphatic heterocycles. The van der Waals surface area contributed by atoms with E-state index in [2.05, 4.69) is 10.6 Å². The fourth-order valence-electron chi connectivity index (χ4n) is 2.37. The van der Waals surface area contributed by atoms with Gasteiger partial charge in [0.25, 0.3) is 0 Å². The molecule has 20 heavy (non-hydrogen) atoms. The van der Waals surface area contributed by atoms with Crippen LogP contribution in [0.25, 0.3) is 0 Å². The molecule has 0 spiro atoms. The topological polar surface area (TPSA) is 87.7 Å². The van der Waals surface area contributed by atoms with Crippen molar-refractivity contribution in [3.8, 4) is 0 Å². The SMILES string of the molecule is CCC(C)(CNC(=O)NC1CC(OC)C1(C)C)C(=O)O. The average molecular weight is 286 g/mol. The van der Waals surface area contributed by atoms with Crippen LogP contribution in [0.1, 0.15) is 40.5 Å². The van der Waals surface area contributed by atoms with E-state index in [0.29, 0.717) is 6.42 Å². The molecule has 116 valence electrons. The van der Waals surface area contributed by atoms with Crippen LogP contribution < -0.4 is 10.6 Å². The van der Waals surface area contributed by atoms with Gasteiger partial charge in [-0.2, -0.15) is 0 Å². The Morgan fingerprint density at radius 2 is 2.05 bits per heavy atom. The number of hydrogen-bond acceptors (Lipinski definition) is 3. The summed E-state index contributed by atoms with van der Waals surface area (Å²) in [4.78, 5) is 23.0. The first kappa shape index (κ1) is 16.8. The summed E-state index contributed by atoms with van der Waals surface area (Å²) in [6, 6.07) is -0.274. The van der Waals surface area contributed by atoms with E-state index in [-0.39, 0.29) is 30.1 Å². The van der Waals surface area contributed by atoms with Gasteiger partial charge in [-0.3, -0.25) is 4.79 Å². The van der Waals surface area contributed by atoms with Crippen LogP contribution in [0.2, 0.25) is 0 Å². The largest absolute Gasteiger partial charge is 0.481 e. The maximum atomic E-state index is 11.9. The summed E-state index contributed by atoms with van der Waals surface area (Å²) in [5.74, 6) is -0.899. The average Bonchev–Trinajstić information content (AvgIpc) is 2.39. The number of amides is 2. The van der Waals surface area contributed by atoms with Crippen molar-refractivity contribution in [2.45, 2.75) is 52.7 Å². The highest BCUT2D eigenvalue weighted by Gasteiger charge is 2.49.